The molecule has 0 radical (unpaired) electrons. The van der Waals surface area contributed by atoms with Crippen LogP contribution in [-0.2, 0) is 4.79 Å². The zero-order chi connectivity index (χ0) is 13.0. The predicted octanol–water partition coefficient (Wildman–Crippen LogP) is 3.80. The Morgan fingerprint density at radius 3 is 2.24 bits per heavy atom. The van der Waals surface area contributed by atoms with Gasteiger partial charge in [0.15, 0.2) is 0 Å². The number of carbonyl (C=O) groups is 1. The Hall–Kier alpha value is -0.480. The molecular weight excluding hydrogens is 298 g/mol. The molecule has 0 aliphatic heterocycles. The van der Waals surface area contributed by atoms with Crippen molar-refractivity contribution in [1.29, 1.82) is 0 Å². The molecule has 1 aromatic carbocycles. The number of carbonyl (C=O) groups excluding carboxylic acids is 1. The molecule has 1 atom stereocenters. The van der Waals surface area contributed by atoms with Gasteiger partial charge in [0.25, 0.3) is 0 Å². The lowest BCUT2D eigenvalue weighted by atomic mass is 10.3. The molecule has 1 aromatic rings. The van der Waals surface area contributed by atoms with E-state index in [1.807, 2.05) is 52.1 Å². The van der Waals surface area contributed by atoms with Crippen LogP contribution in [0.2, 0.25) is 0 Å². The number of rotatable bonds is 4. The van der Waals surface area contributed by atoms with Crippen molar-refractivity contribution >= 4 is 33.6 Å². The highest BCUT2D eigenvalue weighted by molar-refractivity contribution is 9.10. The highest BCUT2D eigenvalue weighted by Gasteiger charge is 2.20. The number of hydrogen-bond donors (Lipinski definition) is 0. The molecule has 0 heterocycles. The largest absolute Gasteiger partial charge is 0.342 e. The van der Waals surface area contributed by atoms with Crippen LogP contribution in [0, 0.1) is 0 Å². The van der Waals surface area contributed by atoms with Gasteiger partial charge in [-0.25, -0.2) is 0 Å². The minimum atomic E-state index is -0.0522. The Kier molecular flexibility index (Phi) is 5.53. The van der Waals surface area contributed by atoms with Crippen molar-refractivity contribution in [3.63, 3.8) is 0 Å². The van der Waals surface area contributed by atoms with Gasteiger partial charge in [0.1, 0.15) is 0 Å². The first-order valence-corrected chi connectivity index (χ1v) is 7.28. The van der Waals surface area contributed by atoms with Crippen LogP contribution in [0.3, 0.4) is 0 Å². The van der Waals surface area contributed by atoms with Crippen LogP contribution in [0.25, 0.3) is 0 Å². The first kappa shape index (κ1) is 14.6. The molecule has 0 bridgehead atoms. The van der Waals surface area contributed by atoms with Crippen molar-refractivity contribution in [1.82, 2.24) is 4.90 Å². The van der Waals surface area contributed by atoms with Crippen LogP contribution in [-0.4, -0.2) is 29.1 Å². The van der Waals surface area contributed by atoms with Gasteiger partial charge >= 0.3 is 0 Å². The molecule has 1 rings (SSSR count). The van der Waals surface area contributed by atoms with Gasteiger partial charge in [0, 0.05) is 22.5 Å². The molecule has 17 heavy (non-hydrogen) atoms. The van der Waals surface area contributed by atoms with Crippen LogP contribution in [0.15, 0.2) is 33.6 Å². The van der Waals surface area contributed by atoms with Gasteiger partial charge in [-0.1, -0.05) is 15.9 Å². The van der Waals surface area contributed by atoms with E-state index < -0.39 is 0 Å². The van der Waals surface area contributed by atoms with E-state index in [1.165, 1.54) is 0 Å². The maximum Gasteiger partial charge on any atom is 0.235 e. The maximum atomic E-state index is 12.1. The topological polar surface area (TPSA) is 20.3 Å². The van der Waals surface area contributed by atoms with Gasteiger partial charge in [-0.15, -0.1) is 11.8 Å². The number of benzene rings is 1. The van der Waals surface area contributed by atoms with Crippen LogP contribution in [0.1, 0.15) is 20.8 Å². The van der Waals surface area contributed by atoms with Crippen LogP contribution >= 0.6 is 27.7 Å². The summed E-state index contributed by atoms with van der Waals surface area (Å²) >= 11 is 4.99. The van der Waals surface area contributed by atoms with Gasteiger partial charge in [-0.3, -0.25) is 4.79 Å². The van der Waals surface area contributed by atoms with Crippen LogP contribution in [0.4, 0.5) is 0 Å². The number of nitrogens with zero attached hydrogens (tertiary/aromatic N) is 1. The molecule has 0 saturated heterocycles. The molecule has 2 nitrogen and oxygen atoms in total. The zero-order valence-electron chi connectivity index (χ0n) is 10.6. The van der Waals surface area contributed by atoms with Gasteiger partial charge < -0.3 is 4.90 Å². The van der Waals surface area contributed by atoms with Crippen LogP contribution < -0.4 is 0 Å². The van der Waals surface area contributed by atoms with E-state index in [4.69, 9.17) is 0 Å². The summed E-state index contributed by atoms with van der Waals surface area (Å²) in [5, 5.41) is -0.0522. The smallest absolute Gasteiger partial charge is 0.235 e. The molecule has 4 heteroatoms. The second-order valence-electron chi connectivity index (χ2n) is 4.26. The van der Waals surface area contributed by atoms with E-state index in [9.17, 15) is 4.79 Å². The van der Waals surface area contributed by atoms with Crippen molar-refractivity contribution in [2.75, 3.05) is 7.05 Å². The normalized spacial score (nSPS) is 12.6. The van der Waals surface area contributed by atoms with E-state index in [0.717, 1.165) is 9.37 Å². The molecule has 0 fully saturated rings. The van der Waals surface area contributed by atoms with Gasteiger partial charge in [0.05, 0.1) is 5.25 Å². The predicted molar refractivity (Wildman–Crippen MR) is 77.4 cm³/mol. The molecular formula is C13H18BrNOS. The molecule has 0 aromatic heterocycles. The molecule has 0 aliphatic carbocycles. The summed E-state index contributed by atoms with van der Waals surface area (Å²) in [6, 6.07) is 8.27. The quantitative estimate of drug-likeness (QED) is 0.788. The molecule has 94 valence electrons. The Morgan fingerprint density at radius 2 is 1.76 bits per heavy atom. The third kappa shape index (κ3) is 4.36. The molecule has 0 aliphatic rings. The summed E-state index contributed by atoms with van der Waals surface area (Å²) in [6.45, 7) is 6.00. The summed E-state index contributed by atoms with van der Waals surface area (Å²) in [7, 11) is 1.85. The number of hydrogen-bond acceptors (Lipinski definition) is 2. The van der Waals surface area contributed by atoms with Crippen molar-refractivity contribution in [3.8, 4) is 0 Å². The Bertz CT molecular complexity index is 378. The lowest BCUT2D eigenvalue weighted by Gasteiger charge is -2.24. The molecule has 0 N–H and O–H groups in total. The fourth-order valence-electron chi connectivity index (χ4n) is 1.31. The SMILES string of the molecule is CC(Sc1ccc(Br)cc1)C(=O)N(C)C(C)C. The highest BCUT2D eigenvalue weighted by atomic mass is 79.9. The van der Waals surface area contributed by atoms with Gasteiger partial charge in [0.2, 0.25) is 5.91 Å². The summed E-state index contributed by atoms with van der Waals surface area (Å²) < 4.78 is 1.06. The van der Waals surface area contributed by atoms with Crippen molar-refractivity contribution in [2.24, 2.45) is 0 Å². The van der Waals surface area contributed by atoms with Gasteiger partial charge in [-0.05, 0) is 45.0 Å². The average molecular weight is 316 g/mol. The molecule has 0 spiro atoms. The Morgan fingerprint density at radius 1 is 1.24 bits per heavy atom. The zero-order valence-corrected chi connectivity index (χ0v) is 13.0. The van der Waals surface area contributed by atoms with Crippen molar-refractivity contribution in [3.05, 3.63) is 28.7 Å². The molecule has 1 unspecified atom stereocenters. The second kappa shape index (κ2) is 6.45. The third-order valence-corrected chi connectivity index (χ3v) is 4.22. The van der Waals surface area contributed by atoms with E-state index >= 15 is 0 Å². The summed E-state index contributed by atoms with van der Waals surface area (Å²) in [4.78, 5) is 15.0. The van der Waals surface area contributed by atoms with E-state index in [0.29, 0.717) is 0 Å². The van der Waals surface area contributed by atoms with Crippen molar-refractivity contribution in [2.45, 2.75) is 37.0 Å². The standard InChI is InChI=1S/C13H18BrNOS/c1-9(2)15(4)13(16)10(3)17-12-7-5-11(14)6-8-12/h5-10H,1-4H3. The average Bonchev–Trinajstić information content (AvgIpc) is 2.30. The molecule has 1 amide bonds. The lowest BCUT2D eigenvalue weighted by Crippen LogP contribution is -2.38. The summed E-state index contributed by atoms with van der Waals surface area (Å²) in [6.07, 6.45) is 0. The minimum Gasteiger partial charge on any atom is -0.342 e. The fourth-order valence-corrected chi connectivity index (χ4v) is 2.54. The van der Waals surface area contributed by atoms with E-state index in [1.54, 1.807) is 16.7 Å². The van der Waals surface area contributed by atoms with Crippen LogP contribution in [0.5, 0.6) is 0 Å². The van der Waals surface area contributed by atoms with E-state index in [2.05, 4.69) is 15.9 Å². The maximum absolute atomic E-state index is 12.1. The lowest BCUT2D eigenvalue weighted by molar-refractivity contribution is -0.130. The summed E-state index contributed by atoms with van der Waals surface area (Å²) in [5.41, 5.74) is 0. The Labute approximate surface area is 116 Å². The number of thioether (sulfide) groups is 1. The summed E-state index contributed by atoms with van der Waals surface area (Å²) in [5.74, 6) is 0.174. The first-order valence-electron chi connectivity index (χ1n) is 5.60. The Balaban J connectivity index is 2.63. The third-order valence-electron chi connectivity index (χ3n) is 2.60. The second-order valence-corrected chi connectivity index (χ2v) is 6.59. The minimum absolute atomic E-state index is 0.0522. The number of amides is 1. The first-order chi connectivity index (χ1) is 7.91. The van der Waals surface area contributed by atoms with Gasteiger partial charge in [-0.2, -0.15) is 0 Å². The molecule has 0 saturated carbocycles. The fraction of sp³-hybridized carbons (Fsp3) is 0.462. The van der Waals surface area contributed by atoms with E-state index in [-0.39, 0.29) is 17.2 Å². The number of halogens is 1. The highest BCUT2D eigenvalue weighted by Crippen LogP contribution is 2.26. The monoisotopic (exact) mass is 315 g/mol. The van der Waals surface area contributed by atoms with Crippen molar-refractivity contribution < 1.29 is 4.79 Å².